The smallest absolute Gasteiger partial charge is 0.192 e. The van der Waals surface area contributed by atoms with Crippen molar-refractivity contribution in [3.8, 4) is 0 Å². The lowest BCUT2D eigenvalue weighted by molar-refractivity contribution is 0.177. The largest absolute Gasteiger partial charge is 0.415 e. The van der Waals surface area contributed by atoms with Gasteiger partial charge in [-0.05, 0) is 30.0 Å². The van der Waals surface area contributed by atoms with Gasteiger partial charge in [0.1, 0.15) is 0 Å². The summed E-state index contributed by atoms with van der Waals surface area (Å²) in [7, 11) is 1.73. The molecule has 0 saturated carbocycles. The maximum absolute atomic E-state index is 9.61. The van der Waals surface area contributed by atoms with Gasteiger partial charge in [0.05, 0.1) is 18.0 Å². The second-order valence-electron chi connectivity index (χ2n) is 6.15. The fraction of sp³-hybridized carbons (Fsp3) is 0.833. The molecule has 0 aromatic heterocycles. The van der Waals surface area contributed by atoms with Crippen LogP contribution in [0.4, 0.5) is 0 Å². The van der Waals surface area contributed by atoms with E-state index in [1.807, 2.05) is 0 Å². The van der Waals surface area contributed by atoms with Gasteiger partial charge in [-0.25, -0.2) is 0 Å². The van der Waals surface area contributed by atoms with E-state index in [2.05, 4.69) is 45.3 Å². The van der Waals surface area contributed by atoms with Crippen molar-refractivity contribution < 1.29 is 9.53 Å². The van der Waals surface area contributed by atoms with Gasteiger partial charge >= 0.3 is 0 Å². The number of allylic oxidation sites excluding steroid dienone is 1. The number of hydrogen-bond donors (Lipinski definition) is 1. The van der Waals surface area contributed by atoms with Gasteiger partial charge in [0.25, 0.3) is 0 Å². The molecule has 0 aromatic rings. The second-order valence-corrected chi connectivity index (χ2v) is 13.5. The third kappa shape index (κ3) is 4.03. The van der Waals surface area contributed by atoms with Crippen LogP contribution < -0.4 is 0 Å². The van der Waals surface area contributed by atoms with Gasteiger partial charge in [0, 0.05) is 0 Å². The zero-order valence-electron chi connectivity index (χ0n) is 11.4. The van der Waals surface area contributed by atoms with Gasteiger partial charge < -0.3 is 9.53 Å². The minimum Gasteiger partial charge on any atom is -0.415 e. The topological polar surface area (TPSA) is 29.5 Å². The first-order valence-electron chi connectivity index (χ1n) is 5.97. The Morgan fingerprint density at radius 2 is 2.06 bits per heavy atom. The zero-order chi connectivity index (χ0) is 13.2. The molecule has 0 spiro atoms. The summed E-state index contributed by atoms with van der Waals surface area (Å²) in [6.45, 7) is 12.1. The van der Waals surface area contributed by atoms with Crippen LogP contribution in [-0.2, 0) is 4.43 Å². The maximum Gasteiger partial charge on any atom is 0.192 e. The predicted molar refractivity (Wildman–Crippen MR) is 81.9 cm³/mol. The molecular weight excluding hydrogens is 268 g/mol. The summed E-state index contributed by atoms with van der Waals surface area (Å²) in [5, 5.41) is 11.9. The van der Waals surface area contributed by atoms with E-state index in [0.717, 1.165) is 6.42 Å². The van der Waals surface area contributed by atoms with Crippen LogP contribution in [0.1, 0.15) is 27.2 Å². The van der Waals surface area contributed by atoms with Crippen molar-refractivity contribution in [2.75, 3.05) is 13.2 Å². The molecule has 0 amide bonds. The second kappa shape index (κ2) is 5.69. The minimum atomic E-state index is -1.71. The molecule has 0 aromatic carbocycles. The molecule has 17 heavy (non-hydrogen) atoms. The van der Waals surface area contributed by atoms with Gasteiger partial charge in [-0.15, -0.1) is 0 Å². The summed E-state index contributed by atoms with van der Waals surface area (Å²) in [6, 6.07) is 0. The standard InChI is InChI=1S/C12H24O2S2Si/c1-11(2,3)17(4,5)14-10-12(9-13)7-6-8-15-16-12/h6,8,13H,7,9-10H2,1-5H3. The highest BCUT2D eigenvalue weighted by Crippen LogP contribution is 2.45. The average Bonchev–Trinajstić information content (AvgIpc) is 2.26. The third-order valence-corrected chi connectivity index (χ3v) is 11.0. The van der Waals surface area contributed by atoms with Crippen molar-refractivity contribution in [2.24, 2.45) is 0 Å². The SMILES string of the molecule is CC(C)(C)[Si](C)(C)OCC1(CO)CC=CSS1. The first kappa shape index (κ1) is 15.6. The van der Waals surface area contributed by atoms with Crippen LogP contribution in [0.15, 0.2) is 11.5 Å². The molecule has 1 rings (SSSR count). The van der Waals surface area contributed by atoms with Gasteiger partial charge in [-0.3, -0.25) is 0 Å². The van der Waals surface area contributed by atoms with Crippen molar-refractivity contribution in [3.63, 3.8) is 0 Å². The van der Waals surface area contributed by atoms with Gasteiger partial charge in [0.15, 0.2) is 8.32 Å². The summed E-state index contributed by atoms with van der Waals surface area (Å²) >= 11 is 0. The minimum absolute atomic E-state index is 0.144. The molecule has 0 fully saturated rings. The van der Waals surface area contributed by atoms with E-state index in [9.17, 15) is 5.11 Å². The molecule has 1 unspecified atom stereocenters. The maximum atomic E-state index is 9.61. The summed E-state index contributed by atoms with van der Waals surface area (Å²) in [4.78, 5) is 0. The molecule has 5 heteroatoms. The molecule has 0 saturated heterocycles. The Morgan fingerprint density at radius 1 is 1.41 bits per heavy atom. The number of aliphatic hydroxyl groups excluding tert-OH is 1. The Bertz CT molecular complexity index is 287. The normalized spacial score (nSPS) is 26.2. The lowest BCUT2D eigenvalue weighted by Crippen LogP contribution is -2.46. The molecule has 0 aliphatic carbocycles. The highest BCUT2D eigenvalue weighted by Gasteiger charge is 2.40. The van der Waals surface area contributed by atoms with E-state index in [1.165, 1.54) is 0 Å². The Kier molecular flexibility index (Phi) is 5.24. The van der Waals surface area contributed by atoms with E-state index < -0.39 is 8.32 Å². The molecular formula is C12H24O2S2Si. The van der Waals surface area contributed by atoms with Gasteiger partial charge in [-0.1, -0.05) is 48.4 Å². The van der Waals surface area contributed by atoms with Crippen LogP contribution in [0.5, 0.6) is 0 Å². The first-order chi connectivity index (χ1) is 7.72. The highest BCUT2D eigenvalue weighted by atomic mass is 33.1. The molecule has 100 valence electrons. The Labute approximate surface area is 114 Å². The monoisotopic (exact) mass is 292 g/mol. The van der Waals surface area contributed by atoms with Crippen LogP contribution in [0, 0.1) is 0 Å². The summed E-state index contributed by atoms with van der Waals surface area (Å²) in [5.74, 6) is 0. The summed E-state index contributed by atoms with van der Waals surface area (Å²) in [6.07, 6.45) is 3.03. The molecule has 1 atom stereocenters. The van der Waals surface area contributed by atoms with Crippen LogP contribution >= 0.6 is 21.6 Å². The van der Waals surface area contributed by atoms with Crippen LogP contribution in [-0.4, -0.2) is 31.4 Å². The molecule has 1 aliphatic rings. The Morgan fingerprint density at radius 3 is 2.47 bits per heavy atom. The van der Waals surface area contributed by atoms with Gasteiger partial charge in [-0.2, -0.15) is 0 Å². The average molecular weight is 293 g/mol. The van der Waals surface area contributed by atoms with Gasteiger partial charge in [0.2, 0.25) is 0 Å². The molecule has 0 radical (unpaired) electrons. The van der Waals surface area contributed by atoms with E-state index in [0.29, 0.717) is 6.61 Å². The molecule has 0 bridgehead atoms. The fourth-order valence-electron chi connectivity index (χ4n) is 1.21. The summed E-state index contributed by atoms with van der Waals surface area (Å²) < 4.78 is 6.09. The fourth-order valence-corrected chi connectivity index (χ4v) is 4.67. The third-order valence-electron chi connectivity index (χ3n) is 3.66. The van der Waals surface area contributed by atoms with Crippen LogP contribution in [0.3, 0.4) is 0 Å². The van der Waals surface area contributed by atoms with Crippen molar-refractivity contribution in [2.45, 2.75) is 50.1 Å². The predicted octanol–water partition coefficient (Wildman–Crippen LogP) is 4.04. The highest BCUT2D eigenvalue weighted by molar-refractivity contribution is 8.78. The Hall–Kier alpha value is 0.577. The van der Waals surface area contributed by atoms with Crippen molar-refractivity contribution in [1.29, 1.82) is 0 Å². The Balaban J connectivity index is 2.62. The van der Waals surface area contributed by atoms with Crippen molar-refractivity contribution >= 4 is 29.9 Å². The molecule has 1 aliphatic heterocycles. The van der Waals surface area contributed by atoms with Crippen LogP contribution in [0.25, 0.3) is 0 Å². The quantitative estimate of drug-likeness (QED) is 0.625. The first-order valence-corrected chi connectivity index (χ1v) is 11.1. The van der Waals surface area contributed by atoms with E-state index in [-0.39, 0.29) is 16.4 Å². The lowest BCUT2D eigenvalue weighted by Gasteiger charge is -2.40. The van der Waals surface area contributed by atoms with E-state index in [1.54, 1.807) is 21.6 Å². The number of hydrogen-bond acceptors (Lipinski definition) is 4. The molecule has 2 nitrogen and oxygen atoms in total. The van der Waals surface area contributed by atoms with Crippen molar-refractivity contribution in [3.05, 3.63) is 11.5 Å². The van der Waals surface area contributed by atoms with Crippen molar-refractivity contribution in [1.82, 2.24) is 0 Å². The number of rotatable bonds is 4. The zero-order valence-corrected chi connectivity index (χ0v) is 14.1. The van der Waals surface area contributed by atoms with Crippen LogP contribution in [0.2, 0.25) is 18.1 Å². The number of aliphatic hydroxyl groups is 1. The molecule has 1 N–H and O–H groups in total. The molecule has 1 heterocycles. The summed E-state index contributed by atoms with van der Waals surface area (Å²) in [5.41, 5.74) is 0. The lowest BCUT2D eigenvalue weighted by atomic mass is 10.1. The van der Waals surface area contributed by atoms with E-state index >= 15 is 0 Å². The van der Waals surface area contributed by atoms with E-state index in [4.69, 9.17) is 4.43 Å².